The van der Waals surface area contributed by atoms with Gasteiger partial charge in [0.1, 0.15) is 12.4 Å². The Morgan fingerprint density at radius 3 is 2.54 bits per heavy atom. The minimum absolute atomic E-state index is 0.0953. The summed E-state index contributed by atoms with van der Waals surface area (Å²) in [6.07, 6.45) is 4.30. The third kappa shape index (κ3) is 3.57. The van der Waals surface area contributed by atoms with Gasteiger partial charge >= 0.3 is 0 Å². The van der Waals surface area contributed by atoms with Crippen LogP contribution in [0.15, 0.2) is 24.3 Å². The number of methoxy groups -OCH3 is 2. The van der Waals surface area contributed by atoms with Crippen LogP contribution in [0.1, 0.15) is 24.8 Å². The Morgan fingerprint density at radius 2 is 1.92 bits per heavy atom. The summed E-state index contributed by atoms with van der Waals surface area (Å²) in [5.74, 6) is 0.976. The number of nitrogens with zero attached hydrogens (tertiary/aromatic N) is 1. The Hall–Kier alpha value is -1.59. The van der Waals surface area contributed by atoms with Crippen LogP contribution in [0.4, 0.5) is 0 Å². The predicted molar refractivity (Wildman–Crippen MR) is 91.2 cm³/mol. The molecule has 0 unspecified atom stereocenters. The van der Waals surface area contributed by atoms with E-state index in [4.69, 9.17) is 14.2 Å². The number of carbonyl (C=O) groups is 1. The molecule has 3 rings (SSSR count). The van der Waals surface area contributed by atoms with Crippen molar-refractivity contribution in [2.24, 2.45) is 5.41 Å². The van der Waals surface area contributed by atoms with E-state index >= 15 is 0 Å². The zero-order valence-electron chi connectivity index (χ0n) is 14.6. The molecule has 24 heavy (non-hydrogen) atoms. The highest BCUT2D eigenvalue weighted by atomic mass is 16.5. The van der Waals surface area contributed by atoms with Gasteiger partial charge in [-0.25, -0.2) is 0 Å². The highest BCUT2D eigenvalue weighted by Crippen LogP contribution is 2.45. The molecule has 0 bridgehead atoms. The van der Waals surface area contributed by atoms with Crippen molar-refractivity contribution in [1.29, 1.82) is 0 Å². The molecule has 2 saturated heterocycles. The first-order valence-electron chi connectivity index (χ1n) is 8.68. The van der Waals surface area contributed by atoms with Crippen LogP contribution in [0.2, 0.25) is 0 Å². The van der Waals surface area contributed by atoms with Crippen LogP contribution in [0.5, 0.6) is 5.75 Å². The van der Waals surface area contributed by atoms with Crippen molar-refractivity contribution in [3.8, 4) is 5.75 Å². The maximum absolute atomic E-state index is 12.0. The topological polar surface area (TPSA) is 48.0 Å². The van der Waals surface area contributed by atoms with Crippen LogP contribution in [-0.2, 0) is 20.7 Å². The lowest BCUT2D eigenvalue weighted by molar-refractivity contribution is -0.138. The van der Waals surface area contributed by atoms with Crippen molar-refractivity contribution in [1.82, 2.24) is 4.90 Å². The van der Waals surface area contributed by atoms with E-state index in [0.29, 0.717) is 0 Å². The second-order valence-electron chi connectivity index (χ2n) is 6.84. The molecule has 2 fully saturated rings. The van der Waals surface area contributed by atoms with Gasteiger partial charge in [-0.05, 0) is 43.4 Å². The molecule has 1 spiro atoms. The Labute approximate surface area is 143 Å². The molecule has 0 radical (unpaired) electrons. The Morgan fingerprint density at radius 1 is 1.21 bits per heavy atom. The summed E-state index contributed by atoms with van der Waals surface area (Å²) >= 11 is 0. The molecule has 1 aromatic rings. The van der Waals surface area contributed by atoms with Gasteiger partial charge in [-0.2, -0.15) is 0 Å². The summed E-state index contributed by atoms with van der Waals surface area (Å²) in [7, 11) is 3.25. The number of likely N-dealkylation sites (tertiary alicyclic amines) is 1. The smallest absolute Gasteiger partial charge is 0.248 e. The largest absolute Gasteiger partial charge is 0.497 e. The Bertz CT molecular complexity index is 549. The molecule has 2 heterocycles. The minimum Gasteiger partial charge on any atom is -0.497 e. The molecule has 5 heteroatoms. The van der Waals surface area contributed by atoms with Crippen LogP contribution in [0.3, 0.4) is 0 Å². The molecule has 0 aliphatic carbocycles. The number of hydrogen-bond donors (Lipinski definition) is 0. The van der Waals surface area contributed by atoms with Crippen LogP contribution in [-0.4, -0.2) is 57.4 Å². The maximum Gasteiger partial charge on any atom is 0.248 e. The van der Waals surface area contributed by atoms with E-state index in [1.54, 1.807) is 14.2 Å². The van der Waals surface area contributed by atoms with Crippen LogP contribution < -0.4 is 4.74 Å². The summed E-state index contributed by atoms with van der Waals surface area (Å²) < 4.78 is 16.3. The molecule has 5 nitrogen and oxygen atoms in total. The molecule has 1 amide bonds. The van der Waals surface area contributed by atoms with Gasteiger partial charge in [0.05, 0.1) is 13.2 Å². The fourth-order valence-corrected chi connectivity index (χ4v) is 3.98. The first kappa shape index (κ1) is 17.2. The van der Waals surface area contributed by atoms with E-state index in [0.717, 1.165) is 51.1 Å². The lowest BCUT2D eigenvalue weighted by Gasteiger charge is -2.42. The summed E-state index contributed by atoms with van der Waals surface area (Å²) in [6.45, 7) is 2.63. The van der Waals surface area contributed by atoms with E-state index < -0.39 is 0 Å². The van der Waals surface area contributed by atoms with E-state index in [9.17, 15) is 4.79 Å². The van der Waals surface area contributed by atoms with Gasteiger partial charge in [-0.3, -0.25) is 4.79 Å². The second kappa shape index (κ2) is 7.53. The molecule has 2 aliphatic rings. The normalized spacial score (nSPS) is 22.8. The molecule has 0 N–H and O–H groups in total. The molecule has 2 aliphatic heterocycles. The van der Waals surface area contributed by atoms with Crippen LogP contribution in [0.25, 0.3) is 0 Å². The molecule has 132 valence electrons. The highest BCUT2D eigenvalue weighted by molar-refractivity contribution is 5.77. The summed E-state index contributed by atoms with van der Waals surface area (Å²) in [6, 6.07) is 8.24. The van der Waals surface area contributed by atoms with Crippen LogP contribution >= 0.6 is 0 Å². The number of ether oxygens (including phenoxy) is 3. The predicted octanol–water partition coefficient (Wildman–Crippen LogP) is 2.28. The monoisotopic (exact) mass is 333 g/mol. The fraction of sp³-hybridized carbons (Fsp3) is 0.632. The first-order chi connectivity index (χ1) is 11.7. The average Bonchev–Trinajstić information content (AvgIpc) is 2.98. The van der Waals surface area contributed by atoms with Crippen molar-refractivity contribution < 1.29 is 19.0 Å². The first-order valence-corrected chi connectivity index (χ1v) is 8.68. The Balaban J connectivity index is 1.62. The van der Waals surface area contributed by atoms with Gasteiger partial charge in [-0.15, -0.1) is 0 Å². The van der Waals surface area contributed by atoms with Gasteiger partial charge in [-0.1, -0.05) is 12.1 Å². The molecule has 1 aromatic carbocycles. The molecular weight excluding hydrogens is 306 g/mol. The second-order valence-corrected chi connectivity index (χ2v) is 6.84. The number of amides is 1. The number of benzene rings is 1. The van der Waals surface area contributed by atoms with E-state index in [1.807, 2.05) is 17.0 Å². The highest BCUT2D eigenvalue weighted by Gasteiger charge is 2.46. The Kier molecular flexibility index (Phi) is 5.41. The van der Waals surface area contributed by atoms with Gasteiger partial charge in [0, 0.05) is 32.2 Å². The quantitative estimate of drug-likeness (QED) is 0.829. The zero-order valence-corrected chi connectivity index (χ0v) is 14.6. The SMILES string of the molecule is COCC(=O)N1CCC2(CCO[C@@H]2Cc2ccc(OC)cc2)CC1. The van der Waals surface area contributed by atoms with Gasteiger partial charge < -0.3 is 19.1 Å². The van der Waals surface area contributed by atoms with E-state index in [-0.39, 0.29) is 24.0 Å². The van der Waals surface area contributed by atoms with Crippen molar-refractivity contribution >= 4 is 5.91 Å². The molecule has 1 atom stereocenters. The third-order valence-corrected chi connectivity index (χ3v) is 5.56. The van der Waals surface area contributed by atoms with Gasteiger partial charge in [0.15, 0.2) is 0 Å². The van der Waals surface area contributed by atoms with Gasteiger partial charge in [0.25, 0.3) is 0 Å². The minimum atomic E-state index is 0.0953. The lowest BCUT2D eigenvalue weighted by Crippen LogP contribution is -2.47. The summed E-state index contributed by atoms with van der Waals surface area (Å²) in [5.41, 5.74) is 1.49. The average molecular weight is 333 g/mol. The third-order valence-electron chi connectivity index (χ3n) is 5.56. The molecule has 0 aromatic heterocycles. The fourth-order valence-electron chi connectivity index (χ4n) is 3.98. The number of carbonyl (C=O) groups excluding carboxylic acids is 1. The standard InChI is InChI=1S/C19H27NO4/c1-22-14-18(21)20-10-7-19(8-11-20)9-12-24-17(19)13-15-3-5-16(23-2)6-4-15/h3-6,17H,7-14H2,1-2H3/t17-/m1/s1. The zero-order chi connectivity index (χ0) is 17.0. The maximum atomic E-state index is 12.0. The lowest BCUT2D eigenvalue weighted by atomic mass is 9.71. The van der Waals surface area contributed by atoms with E-state index in [2.05, 4.69) is 12.1 Å². The van der Waals surface area contributed by atoms with E-state index in [1.165, 1.54) is 5.56 Å². The summed E-state index contributed by atoms with van der Waals surface area (Å²) in [4.78, 5) is 13.9. The molecule has 0 saturated carbocycles. The van der Waals surface area contributed by atoms with Crippen molar-refractivity contribution in [3.63, 3.8) is 0 Å². The molecular formula is C19H27NO4. The van der Waals surface area contributed by atoms with Crippen molar-refractivity contribution in [3.05, 3.63) is 29.8 Å². The summed E-state index contributed by atoms with van der Waals surface area (Å²) in [5, 5.41) is 0. The van der Waals surface area contributed by atoms with Crippen LogP contribution in [0, 0.1) is 5.41 Å². The number of hydrogen-bond acceptors (Lipinski definition) is 4. The van der Waals surface area contributed by atoms with Crippen molar-refractivity contribution in [2.45, 2.75) is 31.8 Å². The van der Waals surface area contributed by atoms with Gasteiger partial charge in [0.2, 0.25) is 5.91 Å². The number of piperidine rings is 1. The number of rotatable bonds is 5. The van der Waals surface area contributed by atoms with Crippen molar-refractivity contribution in [2.75, 3.05) is 40.5 Å².